The van der Waals surface area contributed by atoms with Crippen molar-refractivity contribution < 1.29 is 17.9 Å². The second-order valence-corrected chi connectivity index (χ2v) is 7.43. The normalized spacial score (nSPS) is 12.9. The molecule has 0 amide bonds. The largest absolute Gasteiger partial charge is 0.426 e. The van der Waals surface area contributed by atoms with Gasteiger partial charge in [-0.15, -0.1) is 0 Å². The van der Waals surface area contributed by atoms with Crippen molar-refractivity contribution >= 4 is 15.8 Å². The molecule has 0 radical (unpaired) electrons. The minimum atomic E-state index is -3.22. The number of carbonyl (C=O) groups is 1. The van der Waals surface area contributed by atoms with Crippen LogP contribution in [0.5, 0.6) is 5.75 Å². The van der Waals surface area contributed by atoms with Crippen molar-refractivity contribution in [2.75, 3.05) is 6.26 Å². The second-order valence-electron chi connectivity index (χ2n) is 5.42. The molecule has 0 N–H and O–H groups in total. The Morgan fingerprint density at radius 2 is 1.76 bits per heavy atom. The van der Waals surface area contributed by atoms with Crippen molar-refractivity contribution in [1.82, 2.24) is 0 Å². The van der Waals surface area contributed by atoms with Crippen molar-refractivity contribution in [3.05, 3.63) is 24.3 Å². The van der Waals surface area contributed by atoms with Crippen LogP contribution in [0, 0.1) is 5.92 Å². The summed E-state index contributed by atoms with van der Waals surface area (Å²) in [5.74, 6) is -0.0251. The first kappa shape index (κ1) is 17.7. The van der Waals surface area contributed by atoms with Crippen LogP contribution in [-0.4, -0.2) is 20.6 Å². The SMILES string of the molecule is CCCCCCC(C)C(=O)Oc1ccc(S(C)(=O)=O)cc1. The monoisotopic (exact) mass is 312 g/mol. The highest BCUT2D eigenvalue weighted by Gasteiger charge is 2.15. The Hall–Kier alpha value is -1.36. The van der Waals surface area contributed by atoms with Crippen molar-refractivity contribution in [1.29, 1.82) is 0 Å². The summed E-state index contributed by atoms with van der Waals surface area (Å²) in [4.78, 5) is 12.1. The molecule has 0 spiro atoms. The van der Waals surface area contributed by atoms with E-state index < -0.39 is 9.84 Å². The van der Waals surface area contributed by atoms with Gasteiger partial charge in [-0.25, -0.2) is 8.42 Å². The van der Waals surface area contributed by atoms with E-state index in [0.717, 1.165) is 25.5 Å². The molecule has 0 saturated carbocycles. The van der Waals surface area contributed by atoms with E-state index >= 15 is 0 Å². The first-order valence-electron chi connectivity index (χ1n) is 7.36. The molecule has 0 aliphatic rings. The lowest BCUT2D eigenvalue weighted by atomic mass is 10.0. The van der Waals surface area contributed by atoms with Crippen LogP contribution in [0.2, 0.25) is 0 Å². The molecule has 0 fully saturated rings. The lowest BCUT2D eigenvalue weighted by molar-refractivity contribution is -0.138. The zero-order chi connectivity index (χ0) is 15.9. The molecule has 0 bridgehead atoms. The van der Waals surface area contributed by atoms with Gasteiger partial charge < -0.3 is 4.74 Å². The third-order valence-electron chi connectivity index (χ3n) is 3.36. The molecule has 21 heavy (non-hydrogen) atoms. The minimum Gasteiger partial charge on any atom is -0.426 e. The summed E-state index contributed by atoms with van der Waals surface area (Å²) >= 11 is 0. The molecule has 1 aromatic rings. The van der Waals surface area contributed by atoms with Crippen LogP contribution < -0.4 is 4.74 Å². The minimum absolute atomic E-state index is 0.142. The predicted octanol–water partition coefficient (Wildman–Crippen LogP) is 3.60. The quantitative estimate of drug-likeness (QED) is 0.418. The average molecular weight is 312 g/mol. The molecule has 0 heterocycles. The van der Waals surface area contributed by atoms with Gasteiger partial charge in [-0.2, -0.15) is 0 Å². The average Bonchev–Trinajstić information content (AvgIpc) is 2.43. The fourth-order valence-electron chi connectivity index (χ4n) is 1.97. The van der Waals surface area contributed by atoms with E-state index in [4.69, 9.17) is 4.74 Å². The number of esters is 1. The molecule has 1 atom stereocenters. The molecular formula is C16H24O4S. The molecule has 1 aromatic carbocycles. The van der Waals surface area contributed by atoms with Crippen molar-refractivity contribution in [2.24, 2.45) is 5.92 Å². The molecule has 0 aliphatic heterocycles. The van der Waals surface area contributed by atoms with Crippen LogP contribution in [0.15, 0.2) is 29.2 Å². The molecule has 1 rings (SSSR count). The summed E-state index contributed by atoms with van der Waals surface area (Å²) in [5, 5.41) is 0. The van der Waals surface area contributed by atoms with Gasteiger partial charge in [0.25, 0.3) is 0 Å². The molecule has 0 aromatic heterocycles. The molecule has 118 valence electrons. The van der Waals surface area contributed by atoms with Gasteiger partial charge in [-0.1, -0.05) is 39.5 Å². The molecule has 4 nitrogen and oxygen atoms in total. The zero-order valence-corrected chi connectivity index (χ0v) is 13.8. The number of sulfone groups is 1. The maximum atomic E-state index is 11.9. The van der Waals surface area contributed by atoms with Gasteiger partial charge >= 0.3 is 5.97 Å². The molecule has 0 saturated heterocycles. The maximum Gasteiger partial charge on any atom is 0.314 e. The van der Waals surface area contributed by atoms with Crippen molar-refractivity contribution in [3.63, 3.8) is 0 Å². The number of hydrogen-bond acceptors (Lipinski definition) is 4. The van der Waals surface area contributed by atoms with E-state index in [0.29, 0.717) is 5.75 Å². The van der Waals surface area contributed by atoms with Crippen LogP contribution in [0.25, 0.3) is 0 Å². The van der Waals surface area contributed by atoms with Gasteiger partial charge in [-0.3, -0.25) is 4.79 Å². The van der Waals surface area contributed by atoms with Gasteiger partial charge in [0.2, 0.25) is 0 Å². The third-order valence-corrected chi connectivity index (χ3v) is 4.49. The lowest BCUT2D eigenvalue weighted by Crippen LogP contribution is -2.17. The van der Waals surface area contributed by atoms with Crippen molar-refractivity contribution in [2.45, 2.75) is 50.8 Å². The second kappa shape index (κ2) is 8.17. The number of unbranched alkanes of at least 4 members (excludes halogenated alkanes) is 3. The van der Waals surface area contributed by atoms with E-state index in [9.17, 15) is 13.2 Å². The number of ether oxygens (including phenoxy) is 1. The van der Waals surface area contributed by atoms with Crippen LogP contribution in [0.4, 0.5) is 0 Å². The van der Waals surface area contributed by atoms with E-state index in [-0.39, 0.29) is 16.8 Å². The zero-order valence-electron chi connectivity index (χ0n) is 13.0. The van der Waals surface area contributed by atoms with Crippen LogP contribution in [0.3, 0.4) is 0 Å². The van der Waals surface area contributed by atoms with Crippen LogP contribution >= 0.6 is 0 Å². The smallest absolute Gasteiger partial charge is 0.314 e. The Morgan fingerprint density at radius 3 is 2.29 bits per heavy atom. The number of benzene rings is 1. The van der Waals surface area contributed by atoms with Crippen molar-refractivity contribution in [3.8, 4) is 5.75 Å². The molecule has 1 unspecified atom stereocenters. The summed E-state index contributed by atoms with van der Waals surface area (Å²) in [5.41, 5.74) is 0. The Kier molecular flexibility index (Phi) is 6.89. The van der Waals surface area contributed by atoms with Gasteiger partial charge in [0.1, 0.15) is 5.75 Å². The first-order valence-corrected chi connectivity index (χ1v) is 9.25. The van der Waals surface area contributed by atoms with Crippen LogP contribution in [-0.2, 0) is 14.6 Å². The molecule has 5 heteroatoms. The Labute approximate surface area is 127 Å². The number of rotatable bonds is 8. The highest BCUT2D eigenvalue weighted by atomic mass is 32.2. The standard InChI is InChI=1S/C16H24O4S/c1-4-5-6-7-8-13(2)16(17)20-14-9-11-15(12-10-14)21(3,18)19/h9-13H,4-8H2,1-3H3. The summed E-state index contributed by atoms with van der Waals surface area (Å²) in [7, 11) is -3.22. The highest BCUT2D eigenvalue weighted by Crippen LogP contribution is 2.18. The Morgan fingerprint density at radius 1 is 1.14 bits per heavy atom. The number of carbonyl (C=O) groups excluding carboxylic acids is 1. The first-order chi connectivity index (χ1) is 9.84. The van der Waals surface area contributed by atoms with E-state index in [1.54, 1.807) is 0 Å². The maximum absolute atomic E-state index is 11.9. The summed E-state index contributed by atoms with van der Waals surface area (Å²) in [6, 6.07) is 5.92. The third kappa shape index (κ3) is 6.29. The topological polar surface area (TPSA) is 60.4 Å². The fraction of sp³-hybridized carbons (Fsp3) is 0.562. The van der Waals surface area contributed by atoms with Gasteiger partial charge in [0.15, 0.2) is 9.84 Å². The highest BCUT2D eigenvalue weighted by molar-refractivity contribution is 7.90. The van der Waals surface area contributed by atoms with Gasteiger partial charge in [-0.05, 0) is 30.7 Å². The Bertz CT molecular complexity index is 546. The van der Waals surface area contributed by atoms with E-state index in [1.165, 1.54) is 37.1 Å². The van der Waals surface area contributed by atoms with E-state index in [1.807, 2.05) is 6.92 Å². The van der Waals surface area contributed by atoms with Gasteiger partial charge in [0, 0.05) is 6.26 Å². The molecular weight excluding hydrogens is 288 g/mol. The van der Waals surface area contributed by atoms with E-state index in [2.05, 4.69) is 6.92 Å². The lowest BCUT2D eigenvalue weighted by Gasteiger charge is -2.11. The summed E-state index contributed by atoms with van der Waals surface area (Å²) in [6.07, 6.45) is 6.49. The Balaban J connectivity index is 2.51. The number of hydrogen-bond donors (Lipinski definition) is 0. The summed E-state index contributed by atoms with van der Waals surface area (Å²) in [6.45, 7) is 4.01. The predicted molar refractivity (Wildman–Crippen MR) is 83.1 cm³/mol. The van der Waals surface area contributed by atoms with Gasteiger partial charge in [0.05, 0.1) is 10.8 Å². The fourth-order valence-corrected chi connectivity index (χ4v) is 2.60. The molecule has 0 aliphatic carbocycles. The van der Waals surface area contributed by atoms with Crippen LogP contribution in [0.1, 0.15) is 46.0 Å². The summed E-state index contributed by atoms with van der Waals surface area (Å²) < 4.78 is 27.9.